The first kappa shape index (κ1) is 17.4. The molecule has 1 saturated heterocycles. The summed E-state index contributed by atoms with van der Waals surface area (Å²) in [5.74, 6) is -1.12. The van der Waals surface area contributed by atoms with Crippen LogP contribution in [0.25, 0.3) is 21.7 Å². The lowest BCUT2D eigenvalue weighted by molar-refractivity contribution is -0.151. The topological polar surface area (TPSA) is 79.7 Å². The van der Waals surface area contributed by atoms with Crippen LogP contribution in [0.1, 0.15) is 16.8 Å². The van der Waals surface area contributed by atoms with E-state index in [1.54, 1.807) is 11.1 Å². The van der Waals surface area contributed by atoms with E-state index >= 15 is 0 Å². The summed E-state index contributed by atoms with van der Waals surface area (Å²) in [6.07, 6.45) is 2.05. The molecule has 1 fully saturated rings. The first-order valence-electron chi connectivity index (χ1n) is 8.84. The molecule has 6 heteroatoms. The fraction of sp³-hybridized carbons (Fsp3) is 0.286. The van der Waals surface area contributed by atoms with Gasteiger partial charge in [0.2, 0.25) is 0 Å². The molecule has 3 aromatic rings. The standard InChI is InChI=1S/C21H20N2O4/c1-27-13-21(20(25)26)8-10-23(12-21)19(24)17-11-14-5-2-3-6-15(14)16-7-4-9-22-18(16)17/h2-7,9,11H,8,10,12-13H2,1H3,(H,25,26). The number of ether oxygens (including phenoxy) is 1. The molecule has 0 radical (unpaired) electrons. The Morgan fingerprint density at radius 1 is 1.22 bits per heavy atom. The number of carboxylic acids is 1. The third-order valence-corrected chi connectivity index (χ3v) is 5.36. The van der Waals surface area contributed by atoms with Crippen molar-refractivity contribution in [3.8, 4) is 0 Å². The quantitative estimate of drug-likeness (QED) is 0.720. The Labute approximate surface area is 156 Å². The predicted molar refractivity (Wildman–Crippen MR) is 102 cm³/mol. The van der Waals surface area contributed by atoms with E-state index in [-0.39, 0.29) is 19.1 Å². The average molecular weight is 364 g/mol. The smallest absolute Gasteiger partial charge is 0.313 e. The highest BCUT2D eigenvalue weighted by molar-refractivity contribution is 6.15. The van der Waals surface area contributed by atoms with E-state index in [9.17, 15) is 14.7 Å². The van der Waals surface area contributed by atoms with Crippen molar-refractivity contribution in [3.63, 3.8) is 0 Å². The molecule has 2 heterocycles. The summed E-state index contributed by atoms with van der Waals surface area (Å²) >= 11 is 0. The van der Waals surface area contributed by atoms with Gasteiger partial charge in [0.1, 0.15) is 5.41 Å². The average Bonchev–Trinajstić information content (AvgIpc) is 3.13. The first-order chi connectivity index (χ1) is 13.1. The fourth-order valence-corrected chi connectivity index (χ4v) is 3.94. The van der Waals surface area contributed by atoms with Crippen molar-refractivity contribution in [2.45, 2.75) is 6.42 Å². The van der Waals surface area contributed by atoms with Crippen LogP contribution >= 0.6 is 0 Å². The maximum absolute atomic E-state index is 13.3. The number of rotatable bonds is 4. The largest absolute Gasteiger partial charge is 0.481 e. The van der Waals surface area contributed by atoms with Crippen LogP contribution in [-0.4, -0.2) is 53.7 Å². The van der Waals surface area contributed by atoms with E-state index < -0.39 is 11.4 Å². The number of likely N-dealkylation sites (tertiary alicyclic amines) is 1. The lowest BCUT2D eigenvalue weighted by atomic mass is 9.88. The van der Waals surface area contributed by atoms with Gasteiger partial charge in [0.15, 0.2) is 0 Å². The number of hydrogen-bond acceptors (Lipinski definition) is 4. The molecule has 1 N–H and O–H groups in total. The van der Waals surface area contributed by atoms with Gasteiger partial charge in [0, 0.05) is 31.8 Å². The Bertz CT molecular complexity index is 1050. The number of hydrogen-bond donors (Lipinski definition) is 1. The summed E-state index contributed by atoms with van der Waals surface area (Å²) in [6, 6.07) is 13.5. The van der Waals surface area contributed by atoms with Gasteiger partial charge in [0.05, 0.1) is 17.7 Å². The van der Waals surface area contributed by atoms with Crippen molar-refractivity contribution < 1.29 is 19.4 Å². The second kappa shape index (κ2) is 6.63. The Kier molecular flexibility index (Phi) is 4.28. The molecule has 0 bridgehead atoms. The molecule has 0 aliphatic carbocycles. The lowest BCUT2D eigenvalue weighted by Crippen LogP contribution is -2.40. The van der Waals surface area contributed by atoms with Crippen molar-refractivity contribution in [2.24, 2.45) is 5.41 Å². The van der Waals surface area contributed by atoms with Gasteiger partial charge in [-0.3, -0.25) is 14.6 Å². The van der Waals surface area contributed by atoms with E-state index in [1.165, 1.54) is 7.11 Å². The summed E-state index contributed by atoms with van der Waals surface area (Å²) in [6.45, 7) is 0.606. The zero-order valence-electron chi connectivity index (χ0n) is 15.0. The highest BCUT2D eigenvalue weighted by Crippen LogP contribution is 2.34. The molecule has 1 atom stereocenters. The van der Waals surface area contributed by atoms with Gasteiger partial charge in [-0.05, 0) is 29.3 Å². The van der Waals surface area contributed by atoms with Gasteiger partial charge < -0.3 is 14.7 Å². The normalized spacial score (nSPS) is 19.7. The maximum Gasteiger partial charge on any atom is 0.313 e. The minimum atomic E-state index is -1.05. The third kappa shape index (κ3) is 2.82. The number of methoxy groups -OCH3 is 1. The Hall–Kier alpha value is -2.99. The van der Waals surface area contributed by atoms with Crippen LogP contribution in [0.4, 0.5) is 0 Å². The van der Waals surface area contributed by atoms with E-state index in [1.807, 2.05) is 42.5 Å². The minimum Gasteiger partial charge on any atom is -0.481 e. The van der Waals surface area contributed by atoms with Gasteiger partial charge >= 0.3 is 5.97 Å². The Morgan fingerprint density at radius 2 is 2.00 bits per heavy atom. The van der Waals surface area contributed by atoms with Crippen molar-refractivity contribution in [1.82, 2.24) is 9.88 Å². The van der Waals surface area contributed by atoms with Crippen LogP contribution in [-0.2, 0) is 9.53 Å². The van der Waals surface area contributed by atoms with E-state index in [2.05, 4.69) is 4.98 Å². The summed E-state index contributed by atoms with van der Waals surface area (Å²) in [7, 11) is 1.48. The molecule has 0 spiro atoms. The first-order valence-corrected chi connectivity index (χ1v) is 8.84. The molecular weight excluding hydrogens is 344 g/mol. The summed E-state index contributed by atoms with van der Waals surface area (Å²) in [4.78, 5) is 31.1. The van der Waals surface area contributed by atoms with Gasteiger partial charge in [-0.15, -0.1) is 0 Å². The number of carboxylic acid groups (broad SMARTS) is 1. The van der Waals surface area contributed by atoms with Crippen LogP contribution < -0.4 is 0 Å². The van der Waals surface area contributed by atoms with E-state index in [0.29, 0.717) is 24.0 Å². The summed E-state index contributed by atoms with van der Waals surface area (Å²) in [5.41, 5.74) is 0.0912. The summed E-state index contributed by atoms with van der Waals surface area (Å²) < 4.78 is 5.12. The molecule has 1 amide bonds. The van der Waals surface area contributed by atoms with Crippen molar-refractivity contribution in [2.75, 3.05) is 26.8 Å². The van der Waals surface area contributed by atoms with Crippen LogP contribution in [0.2, 0.25) is 0 Å². The summed E-state index contributed by atoms with van der Waals surface area (Å²) in [5, 5.41) is 12.6. The zero-order chi connectivity index (χ0) is 19.0. The Balaban J connectivity index is 1.78. The van der Waals surface area contributed by atoms with Crippen LogP contribution in [0.3, 0.4) is 0 Å². The molecule has 2 aromatic carbocycles. The number of benzene rings is 2. The van der Waals surface area contributed by atoms with Crippen molar-refractivity contribution in [3.05, 3.63) is 54.2 Å². The lowest BCUT2D eigenvalue weighted by Gasteiger charge is -2.24. The molecule has 138 valence electrons. The monoisotopic (exact) mass is 364 g/mol. The molecule has 27 heavy (non-hydrogen) atoms. The predicted octanol–water partition coefficient (Wildman–Crippen LogP) is 2.95. The number of aliphatic carboxylic acids is 1. The number of carbonyl (C=O) groups is 2. The molecule has 1 aliphatic rings. The van der Waals surface area contributed by atoms with E-state index in [0.717, 1.165) is 16.2 Å². The number of nitrogens with zero attached hydrogens (tertiary/aromatic N) is 2. The molecule has 1 aliphatic heterocycles. The van der Waals surface area contributed by atoms with Crippen LogP contribution in [0, 0.1) is 5.41 Å². The number of fused-ring (bicyclic) bond motifs is 3. The van der Waals surface area contributed by atoms with E-state index in [4.69, 9.17) is 4.74 Å². The molecular formula is C21H20N2O4. The molecule has 6 nitrogen and oxygen atoms in total. The van der Waals surface area contributed by atoms with Gasteiger partial charge in [-0.25, -0.2) is 0 Å². The van der Waals surface area contributed by atoms with Gasteiger partial charge in [0.25, 0.3) is 5.91 Å². The number of aromatic nitrogens is 1. The zero-order valence-corrected chi connectivity index (χ0v) is 15.0. The minimum absolute atomic E-state index is 0.0861. The second-order valence-corrected chi connectivity index (χ2v) is 7.04. The fourth-order valence-electron chi connectivity index (χ4n) is 3.94. The SMILES string of the molecule is COCC1(C(=O)O)CCN(C(=O)c2cc3ccccc3c3cccnc23)C1. The third-order valence-electron chi connectivity index (χ3n) is 5.36. The number of pyridine rings is 1. The highest BCUT2D eigenvalue weighted by atomic mass is 16.5. The molecule has 1 aromatic heterocycles. The number of amides is 1. The molecule has 4 rings (SSSR count). The van der Waals surface area contributed by atoms with Crippen LogP contribution in [0.5, 0.6) is 0 Å². The second-order valence-electron chi connectivity index (χ2n) is 7.04. The van der Waals surface area contributed by atoms with Crippen LogP contribution in [0.15, 0.2) is 48.7 Å². The molecule has 0 saturated carbocycles. The van der Waals surface area contributed by atoms with Gasteiger partial charge in [-0.1, -0.05) is 30.3 Å². The van der Waals surface area contributed by atoms with Gasteiger partial charge in [-0.2, -0.15) is 0 Å². The number of carbonyl (C=O) groups excluding carboxylic acids is 1. The maximum atomic E-state index is 13.3. The molecule has 1 unspecified atom stereocenters. The van der Waals surface area contributed by atoms with Crippen molar-refractivity contribution in [1.29, 1.82) is 0 Å². The Morgan fingerprint density at radius 3 is 2.78 bits per heavy atom. The van der Waals surface area contributed by atoms with Crippen molar-refractivity contribution >= 4 is 33.6 Å². The highest BCUT2D eigenvalue weighted by Gasteiger charge is 2.46.